The van der Waals surface area contributed by atoms with Crippen LogP contribution in [0.2, 0.25) is 0 Å². The third-order valence-electron chi connectivity index (χ3n) is 5.99. The molecule has 0 bridgehead atoms. The number of para-hydroxylation sites is 1. The van der Waals surface area contributed by atoms with Crippen LogP contribution in [-0.2, 0) is 14.4 Å². The fourth-order valence-electron chi connectivity index (χ4n) is 4.13. The molecule has 7 nitrogen and oxygen atoms in total. The van der Waals surface area contributed by atoms with E-state index in [2.05, 4.69) is 5.32 Å². The van der Waals surface area contributed by atoms with Gasteiger partial charge in [-0.1, -0.05) is 18.2 Å². The summed E-state index contributed by atoms with van der Waals surface area (Å²) < 4.78 is 5.20. The molecule has 0 radical (unpaired) electrons. The molecule has 0 saturated carbocycles. The zero-order valence-electron chi connectivity index (χ0n) is 17.4. The van der Waals surface area contributed by atoms with Gasteiger partial charge >= 0.3 is 0 Å². The van der Waals surface area contributed by atoms with Crippen LogP contribution in [0.4, 0.5) is 5.69 Å². The number of benzene rings is 1. The van der Waals surface area contributed by atoms with E-state index in [1.165, 1.54) is 6.08 Å². The van der Waals surface area contributed by atoms with E-state index in [1.54, 1.807) is 29.4 Å². The molecule has 1 aromatic heterocycles. The summed E-state index contributed by atoms with van der Waals surface area (Å²) in [6, 6.07) is 13.0. The van der Waals surface area contributed by atoms with Gasteiger partial charge in [0.05, 0.1) is 12.2 Å². The summed E-state index contributed by atoms with van der Waals surface area (Å²) in [5.74, 6) is 0.574. The van der Waals surface area contributed by atoms with Gasteiger partial charge in [-0.2, -0.15) is 0 Å². The van der Waals surface area contributed by atoms with E-state index in [0.717, 1.165) is 18.5 Å². The molecule has 4 rings (SSSR count). The summed E-state index contributed by atoms with van der Waals surface area (Å²) in [5, 5.41) is 3.03. The second-order valence-corrected chi connectivity index (χ2v) is 8.10. The first-order valence-corrected chi connectivity index (χ1v) is 10.7. The minimum absolute atomic E-state index is 0.0132. The highest BCUT2D eigenvalue weighted by atomic mass is 16.3. The van der Waals surface area contributed by atoms with E-state index >= 15 is 0 Å². The molecule has 1 unspecified atom stereocenters. The Hall–Kier alpha value is -3.35. The predicted octanol–water partition coefficient (Wildman–Crippen LogP) is 2.70. The average molecular weight is 421 g/mol. The Kier molecular flexibility index (Phi) is 6.50. The van der Waals surface area contributed by atoms with Crippen molar-refractivity contribution in [2.45, 2.75) is 19.3 Å². The van der Waals surface area contributed by atoms with Gasteiger partial charge in [-0.3, -0.25) is 14.4 Å². The van der Waals surface area contributed by atoms with Crippen molar-refractivity contribution in [3.8, 4) is 0 Å². The Bertz CT molecular complexity index is 931. The third kappa shape index (κ3) is 5.23. The van der Waals surface area contributed by atoms with Crippen molar-refractivity contribution in [1.29, 1.82) is 0 Å². The smallest absolute Gasteiger partial charge is 0.246 e. The molecule has 31 heavy (non-hydrogen) atoms. The predicted molar refractivity (Wildman–Crippen MR) is 117 cm³/mol. The molecular formula is C24H27N3O4. The van der Waals surface area contributed by atoms with Crippen LogP contribution in [0.15, 0.2) is 59.2 Å². The van der Waals surface area contributed by atoms with E-state index in [-0.39, 0.29) is 30.1 Å². The highest BCUT2D eigenvalue weighted by Crippen LogP contribution is 2.25. The van der Waals surface area contributed by atoms with Gasteiger partial charge in [-0.15, -0.1) is 0 Å². The number of nitrogens with zero attached hydrogens (tertiary/aromatic N) is 2. The molecule has 2 aliphatic rings. The maximum Gasteiger partial charge on any atom is 0.246 e. The normalized spacial score (nSPS) is 19.9. The molecule has 2 saturated heterocycles. The summed E-state index contributed by atoms with van der Waals surface area (Å²) in [6.45, 7) is 2.35. The lowest BCUT2D eigenvalue weighted by Gasteiger charge is -2.31. The molecule has 2 aromatic rings. The summed E-state index contributed by atoms with van der Waals surface area (Å²) in [6.07, 6.45) is 6.73. The first-order valence-electron chi connectivity index (χ1n) is 10.7. The van der Waals surface area contributed by atoms with Crippen molar-refractivity contribution in [3.05, 3.63) is 60.6 Å². The van der Waals surface area contributed by atoms with Gasteiger partial charge in [0.25, 0.3) is 0 Å². The van der Waals surface area contributed by atoms with E-state index in [9.17, 15) is 14.4 Å². The van der Waals surface area contributed by atoms with Crippen molar-refractivity contribution in [2.75, 3.05) is 31.1 Å². The highest BCUT2D eigenvalue weighted by Gasteiger charge is 2.35. The molecule has 3 amide bonds. The lowest BCUT2D eigenvalue weighted by Crippen LogP contribution is -2.42. The zero-order chi connectivity index (χ0) is 21.6. The van der Waals surface area contributed by atoms with Crippen LogP contribution in [-0.4, -0.2) is 48.8 Å². The van der Waals surface area contributed by atoms with Gasteiger partial charge in [0.15, 0.2) is 0 Å². The van der Waals surface area contributed by atoms with Crippen LogP contribution in [0.5, 0.6) is 0 Å². The van der Waals surface area contributed by atoms with Crippen LogP contribution < -0.4 is 10.2 Å². The number of piperidine rings is 1. The maximum absolute atomic E-state index is 12.6. The Morgan fingerprint density at radius 3 is 2.58 bits per heavy atom. The standard InChI is InChI=1S/C24H27N3O4/c28-22(9-8-21-7-4-14-31-21)26-12-10-18(11-13-26)16-25-24(30)19-15-23(29)27(17-19)20-5-2-1-3-6-20/h1-9,14,18-19H,10-13,15-17H2,(H,25,30). The molecule has 1 aromatic carbocycles. The number of hydrogen-bond acceptors (Lipinski definition) is 4. The quantitative estimate of drug-likeness (QED) is 0.727. The number of anilines is 1. The van der Waals surface area contributed by atoms with E-state index in [1.807, 2.05) is 35.2 Å². The number of furan rings is 1. The molecule has 0 aliphatic carbocycles. The topological polar surface area (TPSA) is 82.9 Å². The second kappa shape index (κ2) is 9.64. The molecule has 1 N–H and O–H groups in total. The van der Waals surface area contributed by atoms with Crippen LogP contribution in [0.1, 0.15) is 25.0 Å². The molecule has 3 heterocycles. The lowest BCUT2D eigenvalue weighted by atomic mass is 9.96. The number of carbonyl (C=O) groups is 3. The largest absolute Gasteiger partial charge is 0.465 e. The van der Waals surface area contributed by atoms with Gasteiger partial charge in [0, 0.05) is 44.4 Å². The molecule has 162 valence electrons. The van der Waals surface area contributed by atoms with E-state index in [0.29, 0.717) is 37.9 Å². The lowest BCUT2D eigenvalue weighted by molar-refractivity contribution is -0.128. The number of rotatable bonds is 6. The molecule has 2 fully saturated rings. The number of amides is 3. The molecule has 0 spiro atoms. The third-order valence-corrected chi connectivity index (χ3v) is 5.99. The minimum atomic E-state index is -0.318. The van der Waals surface area contributed by atoms with Crippen molar-refractivity contribution in [3.63, 3.8) is 0 Å². The van der Waals surface area contributed by atoms with Gasteiger partial charge in [-0.05, 0) is 49.1 Å². The van der Waals surface area contributed by atoms with Crippen molar-refractivity contribution in [1.82, 2.24) is 10.2 Å². The summed E-state index contributed by atoms with van der Waals surface area (Å²) in [7, 11) is 0. The number of nitrogens with one attached hydrogen (secondary N) is 1. The Morgan fingerprint density at radius 1 is 1.10 bits per heavy atom. The average Bonchev–Trinajstić information content (AvgIpc) is 3.46. The minimum Gasteiger partial charge on any atom is -0.465 e. The Balaban J connectivity index is 1.20. The monoisotopic (exact) mass is 421 g/mol. The summed E-state index contributed by atoms with van der Waals surface area (Å²) in [5.41, 5.74) is 0.834. The molecule has 7 heteroatoms. The maximum atomic E-state index is 12.6. The number of carbonyl (C=O) groups excluding carboxylic acids is 3. The number of likely N-dealkylation sites (tertiary alicyclic amines) is 1. The molecular weight excluding hydrogens is 394 g/mol. The first-order chi connectivity index (χ1) is 15.1. The first kappa shape index (κ1) is 20.9. The molecule has 2 aliphatic heterocycles. The van der Waals surface area contributed by atoms with Crippen LogP contribution in [0.25, 0.3) is 6.08 Å². The van der Waals surface area contributed by atoms with E-state index in [4.69, 9.17) is 4.42 Å². The number of hydrogen-bond donors (Lipinski definition) is 1. The second-order valence-electron chi connectivity index (χ2n) is 8.10. The highest BCUT2D eigenvalue weighted by molar-refractivity contribution is 6.00. The van der Waals surface area contributed by atoms with Gasteiger partial charge in [0.2, 0.25) is 17.7 Å². The Morgan fingerprint density at radius 2 is 1.87 bits per heavy atom. The fraction of sp³-hybridized carbons (Fsp3) is 0.375. The van der Waals surface area contributed by atoms with Crippen LogP contribution >= 0.6 is 0 Å². The summed E-state index contributed by atoms with van der Waals surface area (Å²) >= 11 is 0. The van der Waals surface area contributed by atoms with Gasteiger partial charge < -0.3 is 19.5 Å². The van der Waals surface area contributed by atoms with Gasteiger partial charge in [-0.25, -0.2) is 0 Å². The van der Waals surface area contributed by atoms with Crippen LogP contribution in [0, 0.1) is 11.8 Å². The van der Waals surface area contributed by atoms with Crippen molar-refractivity contribution in [2.24, 2.45) is 11.8 Å². The summed E-state index contributed by atoms with van der Waals surface area (Å²) in [4.78, 5) is 40.7. The molecule has 1 atom stereocenters. The van der Waals surface area contributed by atoms with Gasteiger partial charge in [0.1, 0.15) is 5.76 Å². The van der Waals surface area contributed by atoms with Crippen molar-refractivity contribution >= 4 is 29.5 Å². The van der Waals surface area contributed by atoms with Crippen molar-refractivity contribution < 1.29 is 18.8 Å². The fourth-order valence-corrected chi connectivity index (χ4v) is 4.13. The van der Waals surface area contributed by atoms with Crippen LogP contribution in [0.3, 0.4) is 0 Å². The zero-order valence-corrected chi connectivity index (χ0v) is 17.4. The Labute approximate surface area is 181 Å². The van der Waals surface area contributed by atoms with E-state index < -0.39 is 0 Å². The SMILES string of the molecule is O=C(NCC1CCN(C(=O)C=Cc2ccco2)CC1)C1CC(=O)N(c2ccccc2)C1.